The van der Waals surface area contributed by atoms with Gasteiger partial charge in [-0.3, -0.25) is 14.2 Å². The van der Waals surface area contributed by atoms with Crippen LogP contribution in [-0.2, 0) is 16.1 Å². The van der Waals surface area contributed by atoms with Gasteiger partial charge in [0.05, 0.1) is 6.20 Å². The minimum Gasteiger partial charge on any atom is -0.443 e. The number of fused-ring (bicyclic) bond motifs is 1. The normalized spacial score (nSPS) is 16.6. The standard InChI is InChI=1S/C18H17N3O4S/c22-15(20-12-6-7-12)14(11-4-2-1-3-5-11)25-17(24)13-10-19-18-21(16(13)23)8-9-26-18/h1-5,10,12,14H,6-9H2,(H,20,22). The van der Waals surface area contributed by atoms with Crippen LogP contribution in [0.25, 0.3) is 0 Å². The molecule has 1 fully saturated rings. The van der Waals surface area contributed by atoms with Gasteiger partial charge in [0.1, 0.15) is 5.56 Å². The Kier molecular flexibility index (Phi) is 4.50. The van der Waals surface area contributed by atoms with Gasteiger partial charge in [0.15, 0.2) is 5.16 Å². The molecule has 0 saturated heterocycles. The Morgan fingerprint density at radius 1 is 1.27 bits per heavy atom. The first kappa shape index (κ1) is 16.8. The van der Waals surface area contributed by atoms with E-state index in [-0.39, 0.29) is 17.5 Å². The molecular weight excluding hydrogens is 354 g/mol. The fourth-order valence-corrected chi connectivity index (χ4v) is 3.65. The first-order chi connectivity index (χ1) is 12.6. The van der Waals surface area contributed by atoms with Gasteiger partial charge in [0.2, 0.25) is 6.10 Å². The summed E-state index contributed by atoms with van der Waals surface area (Å²) >= 11 is 1.47. The van der Waals surface area contributed by atoms with E-state index in [0.29, 0.717) is 17.3 Å². The van der Waals surface area contributed by atoms with Crippen LogP contribution in [0, 0.1) is 0 Å². The fraction of sp³-hybridized carbons (Fsp3) is 0.333. The van der Waals surface area contributed by atoms with Crippen molar-refractivity contribution in [2.24, 2.45) is 0 Å². The summed E-state index contributed by atoms with van der Waals surface area (Å²) in [5.74, 6) is -0.469. The number of hydrogen-bond acceptors (Lipinski definition) is 6. The molecule has 1 aromatic heterocycles. The van der Waals surface area contributed by atoms with E-state index in [2.05, 4.69) is 10.3 Å². The van der Waals surface area contributed by atoms with Crippen molar-refractivity contribution in [1.29, 1.82) is 0 Å². The fourth-order valence-electron chi connectivity index (χ4n) is 2.73. The largest absolute Gasteiger partial charge is 0.443 e. The molecule has 1 aromatic carbocycles. The quantitative estimate of drug-likeness (QED) is 0.633. The van der Waals surface area contributed by atoms with E-state index in [0.717, 1.165) is 18.6 Å². The number of carbonyl (C=O) groups is 2. The number of esters is 1. The molecule has 2 aromatic rings. The number of thioether (sulfide) groups is 1. The SMILES string of the molecule is O=C(OC(C(=O)NC1CC1)c1ccccc1)c1cnc2n(c1=O)CCS2. The molecule has 2 heterocycles. The summed E-state index contributed by atoms with van der Waals surface area (Å²) in [7, 11) is 0. The van der Waals surface area contributed by atoms with Gasteiger partial charge in [-0.2, -0.15) is 0 Å². The predicted molar refractivity (Wildman–Crippen MR) is 95.0 cm³/mol. The molecule has 1 aliphatic carbocycles. The Bertz CT molecular complexity index is 908. The number of aromatic nitrogens is 2. The van der Waals surface area contributed by atoms with E-state index in [4.69, 9.17) is 4.74 Å². The van der Waals surface area contributed by atoms with Crippen molar-refractivity contribution >= 4 is 23.6 Å². The van der Waals surface area contributed by atoms with Crippen LogP contribution < -0.4 is 10.9 Å². The smallest absolute Gasteiger partial charge is 0.346 e. The lowest BCUT2D eigenvalue weighted by molar-refractivity contribution is -0.130. The summed E-state index contributed by atoms with van der Waals surface area (Å²) in [4.78, 5) is 41.8. The molecule has 1 amide bonds. The number of amides is 1. The molecule has 0 bridgehead atoms. The summed E-state index contributed by atoms with van der Waals surface area (Å²) < 4.78 is 6.90. The van der Waals surface area contributed by atoms with Crippen LogP contribution in [0.5, 0.6) is 0 Å². The van der Waals surface area contributed by atoms with Crippen molar-refractivity contribution in [2.75, 3.05) is 5.75 Å². The molecule has 0 radical (unpaired) electrons. The molecule has 2 aliphatic rings. The zero-order valence-electron chi connectivity index (χ0n) is 13.9. The van der Waals surface area contributed by atoms with Gasteiger partial charge in [-0.1, -0.05) is 42.1 Å². The minimum absolute atomic E-state index is 0.136. The lowest BCUT2D eigenvalue weighted by Gasteiger charge is -2.18. The molecule has 26 heavy (non-hydrogen) atoms. The van der Waals surface area contributed by atoms with E-state index in [1.165, 1.54) is 22.5 Å². The zero-order valence-corrected chi connectivity index (χ0v) is 14.7. The Balaban J connectivity index is 1.60. The molecule has 7 nitrogen and oxygen atoms in total. The first-order valence-electron chi connectivity index (χ1n) is 8.42. The number of nitrogens with one attached hydrogen (secondary N) is 1. The number of hydrogen-bond donors (Lipinski definition) is 1. The van der Waals surface area contributed by atoms with Crippen LogP contribution in [0.2, 0.25) is 0 Å². The highest BCUT2D eigenvalue weighted by molar-refractivity contribution is 7.99. The van der Waals surface area contributed by atoms with Crippen molar-refractivity contribution in [3.05, 3.63) is 58.0 Å². The Hall–Kier alpha value is -2.61. The van der Waals surface area contributed by atoms with Gasteiger partial charge in [-0.15, -0.1) is 0 Å². The van der Waals surface area contributed by atoms with E-state index < -0.39 is 17.6 Å². The van der Waals surface area contributed by atoms with Crippen LogP contribution in [0.15, 0.2) is 46.5 Å². The average molecular weight is 371 g/mol. The summed E-state index contributed by atoms with van der Waals surface area (Å²) in [5.41, 5.74) is -0.0282. The van der Waals surface area contributed by atoms with Crippen molar-refractivity contribution in [2.45, 2.75) is 36.7 Å². The number of ether oxygens (including phenoxy) is 1. The average Bonchev–Trinajstić information content (AvgIpc) is 3.32. The molecule has 0 spiro atoms. The molecule has 134 valence electrons. The molecule has 1 atom stereocenters. The zero-order chi connectivity index (χ0) is 18.1. The van der Waals surface area contributed by atoms with Gasteiger partial charge in [-0.25, -0.2) is 9.78 Å². The summed E-state index contributed by atoms with van der Waals surface area (Å²) in [5, 5.41) is 3.44. The van der Waals surface area contributed by atoms with Crippen LogP contribution in [-0.4, -0.2) is 33.2 Å². The third-order valence-corrected chi connectivity index (χ3v) is 5.24. The maximum absolute atomic E-state index is 12.6. The topological polar surface area (TPSA) is 90.3 Å². The van der Waals surface area contributed by atoms with Crippen molar-refractivity contribution < 1.29 is 14.3 Å². The minimum atomic E-state index is -1.10. The molecule has 1 aliphatic heterocycles. The number of nitrogens with zero attached hydrogens (tertiary/aromatic N) is 2. The number of carbonyl (C=O) groups excluding carboxylic acids is 2. The van der Waals surface area contributed by atoms with Gasteiger partial charge in [0.25, 0.3) is 11.5 Å². The monoisotopic (exact) mass is 371 g/mol. The Labute approximate surface area is 153 Å². The van der Waals surface area contributed by atoms with Crippen molar-refractivity contribution in [1.82, 2.24) is 14.9 Å². The Morgan fingerprint density at radius 3 is 2.77 bits per heavy atom. The van der Waals surface area contributed by atoms with Crippen LogP contribution in [0.4, 0.5) is 0 Å². The molecule has 1 unspecified atom stereocenters. The molecular formula is C18H17N3O4S. The number of rotatable bonds is 5. The van der Waals surface area contributed by atoms with Gasteiger partial charge in [0, 0.05) is 23.9 Å². The van der Waals surface area contributed by atoms with Gasteiger partial charge in [-0.05, 0) is 12.8 Å². The molecule has 4 rings (SSSR count). The maximum atomic E-state index is 12.6. The summed E-state index contributed by atoms with van der Waals surface area (Å²) in [6.07, 6.45) is 1.98. The van der Waals surface area contributed by atoms with Crippen molar-refractivity contribution in [3.8, 4) is 0 Å². The summed E-state index contributed by atoms with van der Waals surface area (Å²) in [6, 6.07) is 8.92. The molecule has 1 saturated carbocycles. The van der Waals surface area contributed by atoms with Crippen molar-refractivity contribution in [3.63, 3.8) is 0 Å². The molecule has 1 N–H and O–H groups in total. The second-order valence-corrected chi connectivity index (χ2v) is 7.30. The van der Waals surface area contributed by atoms with Crippen LogP contribution in [0.1, 0.15) is 34.9 Å². The van der Waals surface area contributed by atoms with Crippen LogP contribution in [0.3, 0.4) is 0 Å². The lowest BCUT2D eigenvalue weighted by atomic mass is 10.1. The second kappa shape index (κ2) is 6.95. The van der Waals surface area contributed by atoms with E-state index >= 15 is 0 Å². The third kappa shape index (κ3) is 3.37. The summed E-state index contributed by atoms with van der Waals surface area (Å²) in [6.45, 7) is 0.511. The highest BCUT2D eigenvalue weighted by Crippen LogP contribution is 2.24. The third-order valence-electron chi connectivity index (χ3n) is 4.27. The number of benzene rings is 1. The second-order valence-electron chi connectivity index (χ2n) is 6.24. The highest BCUT2D eigenvalue weighted by Gasteiger charge is 2.32. The predicted octanol–water partition coefficient (Wildman–Crippen LogP) is 1.53. The van der Waals surface area contributed by atoms with Crippen LogP contribution >= 0.6 is 11.8 Å². The van der Waals surface area contributed by atoms with E-state index in [1.54, 1.807) is 24.3 Å². The highest BCUT2D eigenvalue weighted by atomic mass is 32.2. The van der Waals surface area contributed by atoms with E-state index in [9.17, 15) is 14.4 Å². The van der Waals surface area contributed by atoms with E-state index in [1.807, 2.05) is 6.07 Å². The Morgan fingerprint density at radius 2 is 2.04 bits per heavy atom. The first-order valence-corrected chi connectivity index (χ1v) is 9.41. The lowest BCUT2D eigenvalue weighted by Crippen LogP contribution is -2.35. The van der Waals surface area contributed by atoms with Gasteiger partial charge >= 0.3 is 5.97 Å². The van der Waals surface area contributed by atoms with Gasteiger partial charge < -0.3 is 10.1 Å². The maximum Gasteiger partial charge on any atom is 0.346 e. The molecule has 8 heteroatoms.